The maximum atomic E-state index is 12.9. The van der Waals surface area contributed by atoms with E-state index in [2.05, 4.69) is 25.2 Å². The number of aromatic nitrogens is 4. The highest BCUT2D eigenvalue weighted by Crippen LogP contribution is 2.38. The number of imide groups is 1. The van der Waals surface area contributed by atoms with Crippen molar-refractivity contribution in [3.05, 3.63) is 58.9 Å². The van der Waals surface area contributed by atoms with E-state index in [0.29, 0.717) is 36.3 Å². The number of amides is 2. The topological polar surface area (TPSA) is 127 Å². The van der Waals surface area contributed by atoms with Gasteiger partial charge in [0.2, 0.25) is 5.91 Å². The molecule has 236 valence electrons. The minimum atomic E-state index is -0.467. The smallest absolute Gasteiger partial charge is 0.259 e. The summed E-state index contributed by atoms with van der Waals surface area (Å²) >= 11 is 0. The van der Waals surface area contributed by atoms with E-state index >= 15 is 0 Å². The van der Waals surface area contributed by atoms with Crippen molar-refractivity contribution in [3.8, 4) is 22.6 Å². The maximum Gasteiger partial charge on any atom is 0.259 e. The summed E-state index contributed by atoms with van der Waals surface area (Å²) < 4.78 is 15.1. The van der Waals surface area contributed by atoms with Crippen LogP contribution in [-0.2, 0) is 23.2 Å². The molecule has 13 heteroatoms. The number of benzene rings is 1. The van der Waals surface area contributed by atoms with E-state index in [1.807, 2.05) is 49.6 Å². The molecule has 13 nitrogen and oxygen atoms in total. The van der Waals surface area contributed by atoms with Gasteiger partial charge in [0.1, 0.15) is 23.4 Å². The van der Waals surface area contributed by atoms with Crippen molar-refractivity contribution in [2.45, 2.75) is 25.4 Å². The third kappa shape index (κ3) is 5.82. The van der Waals surface area contributed by atoms with Gasteiger partial charge in [-0.1, -0.05) is 0 Å². The van der Waals surface area contributed by atoms with Gasteiger partial charge in [-0.25, -0.2) is 4.98 Å². The molecule has 2 aliphatic rings. The average Bonchev–Trinajstić information content (AvgIpc) is 3.53. The first-order valence-electron chi connectivity index (χ1n) is 14.9. The molecule has 1 atom stereocenters. The second-order valence-corrected chi connectivity index (χ2v) is 11.7. The Bertz CT molecular complexity index is 1800. The summed E-state index contributed by atoms with van der Waals surface area (Å²) in [5, 5.41) is 8.18. The van der Waals surface area contributed by atoms with Crippen LogP contribution < -0.4 is 30.1 Å². The fraction of sp³-hybridized carbons (Fsp3) is 0.406. The number of aryl methyl sites for hydroxylation is 1. The first-order valence-corrected chi connectivity index (χ1v) is 14.9. The van der Waals surface area contributed by atoms with Gasteiger partial charge in [-0.3, -0.25) is 29.3 Å². The number of piperidine rings is 1. The number of pyridine rings is 2. The van der Waals surface area contributed by atoms with E-state index in [1.165, 1.54) is 0 Å². The number of methoxy groups -OCH3 is 2. The highest BCUT2D eigenvalue weighted by Gasteiger charge is 2.29. The predicted molar refractivity (Wildman–Crippen MR) is 171 cm³/mol. The number of carbonyl (C=O) groups excluding carboxylic acids is 2. The van der Waals surface area contributed by atoms with Gasteiger partial charge < -0.3 is 23.8 Å². The molecule has 1 N–H and O–H groups in total. The number of carbonyl (C=O) groups is 2. The molecule has 2 amide bonds. The fourth-order valence-corrected chi connectivity index (χ4v) is 6.10. The first-order chi connectivity index (χ1) is 21.7. The number of hydrogen-bond acceptors (Lipinski definition) is 10. The predicted octanol–water partition coefficient (Wildman–Crippen LogP) is 2.18. The third-order valence-corrected chi connectivity index (χ3v) is 8.67. The molecule has 5 heterocycles. The summed E-state index contributed by atoms with van der Waals surface area (Å²) in [6.07, 6.45) is 7.92. The molecule has 3 aromatic heterocycles. The number of hydrogen-bond donors (Lipinski definition) is 1. The van der Waals surface area contributed by atoms with Crippen molar-refractivity contribution in [3.63, 3.8) is 0 Å². The van der Waals surface area contributed by atoms with Crippen LogP contribution >= 0.6 is 0 Å². The third-order valence-electron chi connectivity index (χ3n) is 8.67. The molecule has 0 saturated carbocycles. The molecule has 0 bridgehead atoms. The van der Waals surface area contributed by atoms with E-state index in [9.17, 15) is 14.4 Å². The molecule has 0 radical (unpaired) electrons. The summed E-state index contributed by atoms with van der Waals surface area (Å²) in [6.45, 7) is 3.83. The van der Waals surface area contributed by atoms with Crippen molar-refractivity contribution in [1.82, 2.24) is 29.5 Å². The van der Waals surface area contributed by atoms with Crippen LogP contribution in [0, 0.1) is 0 Å². The molecule has 1 unspecified atom stereocenters. The van der Waals surface area contributed by atoms with Gasteiger partial charge in [0.15, 0.2) is 0 Å². The Balaban J connectivity index is 1.22. The molecule has 45 heavy (non-hydrogen) atoms. The summed E-state index contributed by atoms with van der Waals surface area (Å²) in [4.78, 5) is 47.7. The van der Waals surface area contributed by atoms with Crippen LogP contribution in [0.1, 0.15) is 24.4 Å². The molecule has 0 aliphatic carbocycles. The van der Waals surface area contributed by atoms with Crippen molar-refractivity contribution in [2.75, 3.05) is 64.3 Å². The van der Waals surface area contributed by atoms with Crippen molar-refractivity contribution >= 4 is 34.1 Å². The lowest BCUT2D eigenvalue weighted by Crippen LogP contribution is -2.46. The summed E-state index contributed by atoms with van der Waals surface area (Å²) in [6, 6.07) is 5.48. The van der Waals surface area contributed by atoms with Crippen molar-refractivity contribution in [1.29, 1.82) is 0 Å². The molecule has 2 fully saturated rings. The number of anilines is 2. The normalized spacial score (nSPS) is 17.4. The second-order valence-electron chi connectivity index (χ2n) is 11.7. The molecule has 2 aliphatic heterocycles. The quantitative estimate of drug-likeness (QED) is 0.295. The lowest BCUT2D eigenvalue weighted by molar-refractivity contribution is -0.135. The zero-order chi connectivity index (χ0) is 31.8. The number of fused-ring (bicyclic) bond motifs is 1. The van der Waals surface area contributed by atoms with E-state index in [-0.39, 0.29) is 17.4 Å². The summed E-state index contributed by atoms with van der Waals surface area (Å²) in [5.41, 5.74) is 3.56. The van der Waals surface area contributed by atoms with Gasteiger partial charge in [-0.2, -0.15) is 5.10 Å². The zero-order valence-corrected chi connectivity index (χ0v) is 26.2. The number of nitrogens with one attached hydrogen (secondary N) is 1. The molecular formula is C32H38N8O5. The maximum absolute atomic E-state index is 12.9. The van der Waals surface area contributed by atoms with Crippen molar-refractivity contribution in [2.24, 2.45) is 7.05 Å². The van der Waals surface area contributed by atoms with Crippen LogP contribution in [-0.4, -0.2) is 90.5 Å². The van der Waals surface area contributed by atoms with Crippen LogP contribution in [0.2, 0.25) is 0 Å². The van der Waals surface area contributed by atoms with Crippen LogP contribution in [0.25, 0.3) is 21.9 Å². The Morgan fingerprint density at radius 1 is 0.956 bits per heavy atom. The fourth-order valence-electron chi connectivity index (χ4n) is 6.10. The minimum absolute atomic E-state index is 0.107. The van der Waals surface area contributed by atoms with E-state index in [1.54, 1.807) is 42.9 Å². The lowest BCUT2D eigenvalue weighted by Gasteiger charge is -2.35. The Morgan fingerprint density at radius 2 is 1.67 bits per heavy atom. The van der Waals surface area contributed by atoms with Gasteiger partial charge in [-0.05, 0) is 30.2 Å². The summed E-state index contributed by atoms with van der Waals surface area (Å²) in [5.74, 6) is 1.64. The SMILES string of the molecule is COc1cc(-c2cn(C)c(=O)c3cnc(N(C)C)cc23)cc(OC)c1CN1CCN(c2cnn(C3CCC(=O)NC3=O)c2)CC1. The lowest BCUT2D eigenvalue weighted by atomic mass is 9.98. The highest BCUT2D eigenvalue weighted by atomic mass is 16.5. The second kappa shape index (κ2) is 12.2. The molecule has 2 saturated heterocycles. The van der Waals surface area contributed by atoms with Crippen LogP contribution in [0.15, 0.2) is 47.8 Å². The summed E-state index contributed by atoms with van der Waals surface area (Å²) in [7, 11) is 8.90. The van der Waals surface area contributed by atoms with E-state index in [4.69, 9.17) is 9.47 Å². The first kappa shape index (κ1) is 30.1. The minimum Gasteiger partial charge on any atom is -0.496 e. The van der Waals surface area contributed by atoms with Gasteiger partial charge in [0, 0.05) is 89.8 Å². The van der Waals surface area contributed by atoms with Crippen LogP contribution in [0.3, 0.4) is 0 Å². The Morgan fingerprint density at radius 3 is 2.31 bits per heavy atom. The Kier molecular flexibility index (Phi) is 8.19. The number of nitrogens with zero attached hydrogens (tertiary/aromatic N) is 7. The Hall–Kier alpha value is -4.91. The van der Waals surface area contributed by atoms with Crippen molar-refractivity contribution < 1.29 is 19.1 Å². The monoisotopic (exact) mass is 614 g/mol. The standard InChI is InChI=1S/C32H38N8O5/c1-36(2)29-14-22-23(16-33-29)32(43)37(3)18-24(22)20-12-27(44-4)25(28(13-20)45-5)19-38-8-10-39(11-9-38)21-15-34-40(17-21)26-6-7-30(41)35-31(26)42/h12-18,26H,6-11,19H2,1-5H3,(H,35,41,42). The van der Waals surface area contributed by atoms with Gasteiger partial charge in [0.05, 0.1) is 37.1 Å². The average molecular weight is 615 g/mol. The molecule has 0 spiro atoms. The molecular weight excluding hydrogens is 576 g/mol. The van der Waals surface area contributed by atoms with Gasteiger partial charge >= 0.3 is 0 Å². The largest absolute Gasteiger partial charge is 0.496 e. The van der Waals surface area contributed by atoms with Gasteiger partial charge in [0.25, 0.3) is 11.5 Å². The van der Waals surface area contributed by atoms with E-state index < -0.39 is 6.04 Å². The molecule has 6 rings (SSSR count). The van der Waals surface area contributed by atoms with Crippen LogP contribution in [0.4, 0.5) is 11.5 Å². The number of rotatable bonds is 8. The van der Waals surface area contributed by atoms with Crippen LogP contribution in [0.5, 0.6) is 11.5 Å². The Labute approximate surface area is 260 Å². The zero-order valence-electron chi connectivity index (χ0n) is 26.2. The number of ether oxygens (including phenoxy) is 2. The highest BCUT2D eigenvalue weighted by molar-refractivity contribution is 5.99. The van der Waals surface area contributed by atoms with E-state index in [0.717, 1.165) is 59.8 Å². The number of piperazine rings is 1. The van der Waals surface area contributed by atoms with Gasteiger partial charge in [-0.15, -0.1) is 0 Å². The molecule has 1 aromatic carbocycles. The molecule has 4 aromatic rings.